The minimum absolute atomic E-state index is 0.302. The van der Waals surface area contributed by atoms with E-state index in [2.05, 4.69) is 37.1 Å². The van der Waals surface area contributed by atoms with Crippen molar-refractivity contribution in [3.05, 3.63) is 35.9 Å². The molecule has 0 aromatic heterocycles. The summed E-state index contributed by atoms with van der Waals surface area (Å²) in [4.78, 5) is 0. The third kappa shape index (κ3) is 3.06. The van der Waals surface area contributed by atoms with Crippen LogP contribution in [-0.4, -0.2) is 22.7 Å². The molecule has 0 bridgehead atoms. The highest BCUT2D eigenvalue weighted by molar-refractivity contribution is 8.17. The molecule has 1 saturated heterocycles. The van der Waals surface area contributed by atoms with Crippen LogP contribution >= 0.6 is 23.5 Å². The fourth-order valence-electron chi connectivity index (χ4n) is 2.05. The van der Waals surface area contributed by atoms with Gasteiger partial charge in [0.15, 0.2) is 0 Å². The van der Waals surface area contributed by atoms with Gasteiger partial charge in [-0.25, -0.2) is 0 Å². The van der Waals surface area contributed by atoms with E-state index in [1.807, 2.05) is 29.6 Å². The SMILES string of the molecule is C#CCOC(C)(c1ccccc1)C1SCCCS1. The van der Waals surface area contributed by atoms with Gasteiger partial charge in [-0.2, -0.15) is 0 Å². The monoisotopic (exact) mass is 278 g/mol. The van der Waals surface area contributed by atoms with Crippen LogP contribution in [0.2, 0.25) is 0 Å². The first-order valence-electron chi connectivity index (χ1n) is 6.13. The molecule has 18 heavy (non-hydrogen) atoms. The van der Waals surface area contributed by atoms with Crippen molar-refractivity contribution in [3.8, 4) is 12.3 Å². The van der Waals surface area contributed by atoms with Crippen molar-refractivity contribution < 1.29 is 4.74 Å². The number of ether oxygens (including phenoxy) is 1. The molecular weight excluding hydrogens is 260 g/mol. The summed E-state index contributed by atoms with van der Waals surface area (Å²) in [5, 5.41) is 0. The summed E-state index contributed by atoms with van der Waals surface area (Å²) in [7, 11) is 0. The average Bonchev–Trinajstić information content (AvgIpc) is 2.46. The zero-order chi connectivity index (χ0) is 12.8. The number of terminal acetylenes is 1. The van der Waals surface area contributed by atoms with Crippen LogP contribution in [0.15, 0.2) is 30.3 Å². The third-order valence-electron chi connectivity index (χ3n) is 3.08. The molecule has 0 N–H and O–H groups in total. The van der Waals surface area contributed by atoms with Gasteiger partial charge in [-0.15, -0.1) is 29.9 Å². The van der Waals surface area contributed by atoms with Crippen LogP contribution in [0.25, 0.3) is 0 Å². The standard InChI is InChI=1S/C15H18OS2/c1-3-10-16-15(2,13-8-5-4-6-9-13)14-17-11-7-12-18-14/h1,4-6,8-9,14H,7,10-12H2,2H3. The van der Waals surface area contributed by atoms with Gasteiger partial charge >= 0.3 is 0 Å². The average molecular weight is 278 g/mol. The molecule has 1 aliphatic heterocycles. The van der Waals surface area contributed by atoms with Gasteiger partial charge in [0, 0.05) is 0 Å². The number of rotatable bonds is 4. The van der Waals surface area contributed by atoms with E-state index < -0.39 is 0 Å². The smallest absolute Gasteiger partial charge is 0.112 e. The van der Waals surface area contributed by atoms with Crippen LogP contribution in [0.5, 0.6) is 0 Å². The molecule has 1 heterocycles. The molecule has 2 rings (SSSR count). The van der Waals surface area contributed by atoms with Crippen molar-refractivity contribution in [3.63, 3.8) is 0 Å². The van der Waals surface area contributed by atoms with Crippen LogP contribution in [0.1, 0.15) is 18.9 Å². The molecule has 1 nitrogen and oxygen atoms in total. The van der Waals surface area contributed by atoms with E-state index in [4.69, 9.17) is 11.2 Å². The van der Waals surface area contributed by atoms with Gasteiger partial charge in [0.25, 0.3) is 0 Å². The summed E-state index contributed by atoms with van der Waals surface area (Å²) in [6, 6.07) is 10.4. The third-order valence-corrected chi connectivity index (χ3v) is 6.45. The van der Waals surface area contributed by atoms with Gasteiger partial charge in [0.05, 0.1) is 4.58 Å². The van der Waals surface area contributed by atoms with Gasteiger partial charge < -0.3 is 4.74 Å². The zero-order valence-corrected chi connectivity index (χ0v) is 12.2. The highest BCUT2D eigenvalue weighted by Gasteiger charge is 2.38. The number of hydrogen-bond acceptors (Lipinski definition) is 3. The van der Waals surface area contributed by atoms with Gasteiger partial charge in [-0.1, -0.05) is 36.3 Å². The predicted octanol–water partition coefficient (Wildman–Crippen LogP) is 3.75. The van der Waals surface area contributed by atoms with E-state index in [-0.39, 0.29) is 5.60 Å². The Kier molecular flexibility index (Phi) is 5.05. The lowest BCUT2D eigenvalue weighted by molar-refractivity contribution is -0.00392. The molecule has 0 aliphatic carbocycles. The Bertz CT molecular complexity index is 406. The molecule has 1 atom stereocenters. The molecule has 0 saturated carbocycles. The largest absolute Gasteiger partial charge is 0.356 e. The van der Waals surface area contributed by atoms with Crippen molar-refractivity contribution in [1.29, 1.82) is 0 Å². The van der Waals surface area contributed by atoms with Crippen LogP contribution in [0.3, 0.4) is 0 Å². The molecule has 1 fully saturated rings. The fourth-order valence-corrected chi connectivity index (χ4v) is 5.29. The van der Waals surface area contributed by atoms with Crippen molar-refractivity contribution in [2.75, 3.05) is 18.1 Å². The second kappa shape index (κ2) is 6.56. The van der Waals surface area contributed by atoms with E-state index in [0.29, 0.717) is 11.2 Å². The summed E-state index contributed by atoms with van der Waals surface area (Å²) in [5.41, 5.74) is 0.913. The maximum absolute atomic E-state index is 6.03. The molecule has 3 heteroatoms. The molecule has 1 aromatic rings. The van der Waals surface area contributed by atoms with Gasteiger partial charge in [0.1, 0.15) is 12.2 Å². The normalized spacial score (nSPS) is 20.0. The Morgan fingerprint density at radius 1 is 1.33 bits per heavy atom. The van der Waals surface area contributed by atoms with E-state index in [1.165, 1.54) is 23.5 Å². The van der Waals surface area contributed by atoms with E-state index in [9.17, 15) is 0 Å². The summed E-state index contributed by atoms with van der Waals surface area (Å²) in [5.74, 6) is 5.01. The molecular formula is C15H18OS2. The van der Waals surface area contributed by atoms with Crippen LogP contribution in [0, 0.1) is 12.3 Å². The lowest BCUT2D eigenvalue weighted by Crippen LogP contribution is -2.37. The highest BCUT2D eigenvalue weighted by Crippen LogP contribution is 2.45. The molecule has 0 amide bonds. The van der Waals surface area contributed by atoms with Crippen LogP contribution < -0.4 is 0 Å². The Hall–Kier alpha value is -0.560. The lowest BCUT2D eigenvalue weighted by atomic mass is 9.97. The summed E-state index contributed by atoms with van der Waals surface area (Å²) < 4.78 is 6.45. The van der Waals surface area contributed by atoms with E-state index >= 15 is 0 Å². The molecule has 1 aliphatic rings. The maximum Gasteiger partial charge on any atom is 0.112 e. The highest BCUT2D eigenvalue weighted by atomic mass is 32.2. The van der Waals surface area contributed by atoms with E-state index in [1.54, 1.807) is 0 Å². The summed E-state index contributed by atoms with van der Waals surface area (Å²) >= 11 is 3.97. The van der Waals surface area contributed by atoms with Crippen molar-refractivity contribution in [1.82, 2.24) is 0 Å². The van der Waals surface area contributed by atoms with E-state index in [0.717, 1.165) is 0 Å². The van der Waals surface area contributed by atoms with Crippen molar-refractivity contribution >= 4 is 23.5 Å². The van der Waals surface area contributed by atoms with Crippen molar-refractivity contribution in [2.24, 2.45) is 0 Å². The van der Waals surface area contributed by atoms with Gasteiger partial charge in [0.2, 0.25) is 0 Å². The second-order valence-corrected chi connectivity index (χ2v) is 7.12. The first-order valence-corrected chi connectivity index (χ1v) is 8.23. The topological polar surface area (TPSA) is 9.23 Å². The number of benzene rings is 1. The molecule has 1 aromatic carbocycles. The lowest BCUT2D eigenvalue weighted by Gasteiger charge is -2.38. The Morgan fingerprint density at radius 3 is 2.61 bits per heavy atom. The number of hydrogen-bond donors (Lipinski definition) is 0. The second-order valence-electron chi connectivity index (χ2n) is 4.39. The summed E-state index contributed by atoms with van der Waals surface area (Å²) in [6.07, 6.45) is 6.64. The maximum atomic E-state index is 6.03. The molecule has 0 radical (unpaired) electrons. The number of thioether (sulfide) groups is 2. The predicted molar refractivity (Wildman–Crippen MR) is 81.9 cm³/mol. The molecule has 0 spiro atoms. The van der Waals surface area contributed by atoms with Crippen LogP contribution in [0.4, 0.5) is 0 Å². The minimum atomic E-state index is -0.302. The minimum Gasteiger partial charge on any atom is -0.356 e. The Labute approximate surface area is 118 Å². The van der Waals surface area contributed by atoms with Crippen LogP contribution in [-0.2, 0) is 10.3 Å². The Balaban J connectivity index is 2.24. The zero-order valence-electron chi connectivity index (χ0n) is 10.6. The fraction of sp³-hybridized carbons (Fsp3) is 0.467. The molecule has 96 valence electrons. The first kappa shape index (κ1) is 13.9. The molecule has 1 unspecified atom stereocenters. The van der Waals surface area contributed by atoms with Gasteiger partial charge in [-0.3, -0.25) is 0 Å². The Morgan fingerprint density at radius 2 is 2.00 bits per heavy atom. The van der Waals surface area contributed by atoms with Crippen molar-refractivity contribution in [2.45, 2.75) is 23.5 Å². The quantitative estimate of drug-likeness (QED) is 0.776. The first-order chi connectivity index (χ1) is 8.77. The van der Waals surface area contributed by atoms with Gasteiger partial charge in [-0.05, 0) is 30.4 Å². The summed E-state index contributed by atoms with van der Waals surface area (Å²) in [6.45, 7) is 2.53.